The zero-order valence-electron chi connectivity index (χ0n) is 10.6. The monoisotopic (exact) mass is 281 g/mol. The summed E-state index contributed by atoms with van der Waals surface area (Å²) < 4.78 is 0. The van der Waals surface area contributed by atoms with Crippen LogP contribution in [-0.2, 0) is 15.0 Å². The molecule has 1 aromatic carbocycles. The Morgan fingerprint density at radius 2 is 1.95 bits per heavy atom. The molecule has 0 aliphatic heterocycles. The van der Waals surface area contributed by atoms with E-state index in [9.17, 15) is 9.59 Å². The topological polar surface area (TPSA) is 66.4 Å². The molecule has 0 saturated heterocycles. The van der Waals surface area contributed by atoms with Crippen LogP contribution in [0.4, 0.5) is 0 Å². The Morgan fingerprint density at radius 3 is 2.37 bits per heavy atom. The van der Waals surface area contributed by atoms with Gasteiger partial charge in [-0.3, -0.25) is 4.79 Å². The molecule has 1 saturated carbocycles. The number of amides is 1. The molecular formula is C14H16ClNO3. The van der Waals surface area contributed by atoms with Crippen molar-refractivity contribution in [2.75, 3.05) is 0 Å². The second-order valence-electron chi connectivity index (χ2n) is 4.86. The third-order valence-corrected chi connectivity index (χ3v) is 3.85. The number of carboxylic acid groups (broad SMARTS) is 1. The summed E-state index contributed by atoms with van der Waals surface area (Å²) in [4.78, 5) is 23.2. The minimum Gasteiger partial charge on any atom is -0.480 e. The average molecular weight is 282 g/mol. The van der Waals surface area contributed by atoms with Crippen LogP contribution in [-0.4, -0.2) is 23.0 Å². The van der Waals surface area contributed by atoms with Gasteiger partial charge in [0.25, 0.3) is 0 Å². The molecule has 0 heterocycles. The first kappa shape index (κ1) is 13.9. The van der Waals surface area contributed by atoms with E-state index in [2.05, 4.69) is 5.32 Å². The summed E-state index contributed by atoms with van der Waals surface area (Å²) in [6.45, 7) is 1.74. The van der Waals surface area contributed by atoms with Crippen LogP contribution >= 0.6 is 11.6 Å². The van der Waals surface area contributed by atoms with E-state index in [-0.39, 0.29) is 5.91 Å². The predicted molar refractivity (Wildman–Crippen MR) is 72.2 cm³/mol. The highest BCUT2D eigenvalue weighted by Gasteiger charge is 2.51. The molecule has 1 aliphatic carbocycles. The molecular weight excluding hydrogens is 266 g/mol. The number of nitrogens with one attached hydrogen (secondary N) is 1. The Balaban J connectivity index is 2.14. The molecule has 1 aliphatic rings. The molecule has 1 amide bonds. The van der Waals surface area contributed by atoms with Gasteiger partial charge < -0.3 is 10.4 Å². The van der Waals surface area contributed by atoms with E-state index in [1.54, 1.807) is 19.1 Å². The number of hydrogen-bond acceptors (Lipinski definition) is 2. The van der Waals surface area contributed by atoms with Gasteiger partial charge in [0.2, 0.25) is 5.91 Å². The van der Waals surface area contributed by atoms with Crippen LogP contribution in [0.3, 0.4) is 0 Å². The lowest BCUT2D eigenvalue weighted by Gasteiger charge is -2.19. The van der Waals surface area contributed by atoms with E-state index in [0.717, 1.165) is 18.4 Å². The first-order chi connectivity index (χ1) is 8.99. The Bertz CT molecular complexity index is 494. The molecule has 0 spiro atoms. The van der Waals surface area contributed by atoms with Gasteiger partial charge in [0, 0.05) is 5.02 Å². The van der Waals surface area contributed by atoms with Gasteiger partial charge in [-0.05, 0) is 37.0 Å². The second-order valence-corrected chi connectivity index (χ2v) is 5.30. The molecule has 4 nitrogen and oxygen atoms in total. The van der Waals surface area contributed by atoms with Crippen LogP contribution < -0.4 is 5.32 Å². The molecule has 1 atom stereocenters. The number of benzene rings is 1. The second kappa shape index (κ2) is 5.21. The summed E-state index contributed by atoms with van der Waals surface area (Å²) in [7, 11) is 0. The zero-order valence-corrected chi connectivity index (χ0v) is 11.4. The SMILES string of the molecule is CCC(NC(=O)C1(c2ccc(Cl)cc2)CC1)C(=O)O. The highest BCUT2D eigenvalue weighted by molar-refractivity contribution is 6.30. The highest BCUT2D eigenvalue weighted by Crippen LogP contribution is 2.48. The van der Waals surface area contributed by atoms with Gasteiger partial charge in [-0.15, -0.1) is 0 Å². The number of aliphatic carboxylic acids is 1. The summed E-state index contributed by atoms with van der Waals surface area (Å²) in [6.07, 6.45) is 1.87. The van der Waals surface area contributed by atoms with E-state index in [1.807, 2.05) is 12.1 Å². The van der Waals surface area contributed by atoms with E-state index in [4.69, 9.17) is 16.7 Å². The molecule has 102 valence electrons. The maximum absolute atomic E-state index is 12.3. The number of halogens is 1. The van der Waals surface area contributed by atoms with Crippen molar-refractivity contribution >= 4 is 23.5 Å². The fourth-order valence-electron chi connectivity index (χ4n) is 2.18. The van der Waals surface area contributed by atoms with Crippen molar-refractivity contribution in [3.63, 3.8) is 0 Å². The smallest absolute Gasteiger partial charge is 0.326 e. The fraction of sp³-hybridized carbons (Fsp3) is 0.429. The van der Waals surface area contributed by atoms with Crippen molar-refractivity contribution in [1.29, 1.82) is 0 Å². The molecule has 5 heteroatoms. The lowest BCUT2D eigenvalue weighted by Crippen LogP contribution is -2.45. The maximum Gasteiger partial charge on any atom is 0.326 e. The number of carboxylic acids is 1. The maximum atomic E-state index is 12.3. The van der Waals surface area contributed by atoms with Crippen molar-refractivity contribution in [2.45, 2.75) is 37.6 Å². The molecule has 1 unspecified atom stereocenters. The molecule has 0 bridgehead atoms. The molecule has 2 rings (SSSR count). The largest absolute Gasteiger partial charge is 0.480 e. The van der Waals surface area contributed by atoms with Crippen LogP contribution in [0.1, 0.15) is 31.7 Å². The van der Waals surface area contributed by atoms with Crippen molar-refractivity contribution in [3.05, 3.63) is 34.9 Å². The molecule has 2 N–H and O–H groups in total. The predicted octanol–water partition coefficient (Wildman–Crippen LogP) is 2.35. The summed E-state index contributed by atoms with van der Waals surface area (Å²) >= 11 is 5.83. The first-order valence-electron chi connectivity index (χ1n) is 6.29. The van der Waals surface area contributed by atoms with Crippen LogP contribution in [0.2, 0.25) is 5.02 Å². The van der Waals surface area contributed by atoms with Crippen LogP contribution in [0.15, 0.2) is 24.3 Å². The molecule has 0 aromatic heterocycles. The van der Waals surface area contributed by atoms with Crippen LogP contribution in [0, 0.1) is 0 Å². The van der Waals surface area contributed by atoms with Crippen LogP contribution in [0.25, 0.3) is 0 Å². The normalized spacial score (nSPS) is 17.6. The van der Waals surface area contributed by atoms with Gasteiger partial charge in [0.05, 0.1) is 5.41 Å². The fourth-order valence-corrected chi connectivity index (χ4v) is 2.30. The molecule has 1 fully saturated rings. The van der Waals surface area contributed by atoms with E-state index in [1.165, 1.54) is 0 Å². The third kappa shape index (κ3) is 2.73. The Morgan fingerprint density at radius 1 is 1.37 bits per heavy atom. The van der Waals surface area contributed by atoms with E-state index in [0.29, 0.717) is 11.4 Å². The van der Waals surface area contributed by atoms with Gasteiger partial charge in [-0.2, -0.15) is 0 Å². The summed E-state index contributed by atoms with van der Waals surface area (Å²) in [5.74, 6) is -1.20. The summed E-state index contributed by atoms with van der Waals surface area (Å²) in [5.41, 5.74) is 0.336. The van der Waals surface area contributed by atoms with E-state index < -0.39 is 17.4 Å². The quantitative estimate of drug-likeness (QED) is 0.871. The lowest BCUT2D eigenvalue weighted by molar-refractivity contribution is -0.142. The zero-order chi connectivity index (χ0) is 14.0. The third-order valence-electron chi connectivity index (χ3n) is 3.59. The van der Waals surface area contributed by atoms with Crippen molar-refractivity contribution in [1.82, 2.24) is 5.32 Å². The van der Waals surface area contributed by atoms with Crippen molar-refractivity contribution < 1.29 is 14.7 Å². The first-order valence-corrected chi connectivity index (χ1v) is 6.67. The highest BCUT2D eigenvalue weighted by atomic mass is 35.5. The van der Waals surface area contributed by atoms with Gasteiger partial charge in [-0.25, -0.2) is 4.79 Å². The molecule has 0 radical (unpaired) electrons. The van der Waals surface area contributed by atoms with Gasteiger partial charge in [0.15, 0.2) is 0 Å². The minimum absolute atomic E-state index is 0.205. The standard InChI is InChI=1S/C14H16ClNO3/c1-2-11(12(17)18)16-13(19)14(7-8-14)9-3-5-10(15)6-4-9/h3-6,11H,2,7-8H2,1H3,(H,16,19)(H,17,18). The van der Waals surface area contributed by atoms with Gasteiger partial charge in [-0.1, -0.05) is 30.7 Å². The molecule has 19 heavy (non-hydrogen) atoms. The number of rotatable bonds is 5. The van der Waals surface area contributed by atoms with Crippen LogP contribution in [0.5, 0.6) is 0 Å². The summed E-state index contributed by atoms with van der Waals surface area (Å²) in [5, 5.41) is 12.2. The minimum atomic E-state index is -0.997. The lowest BCUT2D eigenvalue weighted by atomic mass is 9.94. The number of carbonyl (C=O) groups excluding carboxylic acids is 1. The summed E-state index contributed by atoms with van der Waals surface area (Å²) in [6, 6.07) is 6.34. The molecule has 1 aromatic rings. The average Bonchev–Trinajstić information content (AvgIpc) is 3.17. The van der Waals surface area contributed by atoms with Gasteiger partial charge in [0.1, 0.15) is 6.04 Å². The van der Waals surface area contributed by atoms with E-state index >= 15 is 0 Å². The number of carbonyl (C=O) groups is 2. The van der Waals surface area contributed by atoms with Crippen molar-refractivity contribution in [3.8, 4) is 0 Å². The Hall–Kier alpha value is -1.55. The Labute approximate surface area is 116 Å². The van der Waals surface area contributed by atoms with Crippen molar-refractivity contribution in [2.24, 2.45) is 0 Å². The number of hydrogen-bond donors (Lipinski definition) is 2. The van der Waals surface area contributed by atoms with Gasteiger partial charge >= 0.3 is 5.97 Å². The Kier molecular flexibility index (Phi) is 3.80.